The Labute approximate surface area is 134 Å². The van der Waals surface area contributed by atoms with Gasteiger partial charge in [-0.3, -0.25) is 4.79 Å². The van der Waals surface area contributed by atoms with Crippen LogP contribution in [0.15, 0.2) is 12.3 Å². The van der Waals surface area contributed by atoms with Crippen LogP contribution in [0.5, 0.6) is 0 Å². The monoisotopic (exact) mass is 325 g/mol. The van der Waals surface area contributed by atoms with E-state index in [4.69, 9.17) is 9.84 Å². The summed E-state index contributed by atoms with van der Waals surface area (Å²) in [7, 11) is 1.67. The lowest BCUT2D eigenvalue weighted by Gasteiger charge is -2.25. The third kappa shape index (κ3) is 6.01. The lowest BCUT2D eigenvalue weighted by Crippen LogP contribution is -2.45. The van der Waals surface area contributed by atoms with Crippen molar-refractivity contribution in [1.82, 2.24) is 9.88 Å². The summed E-state index contributed by atoms with van der Waals surface area (Å²) in [6.45, 7) is 5.47. The zero-order valence-corrected chi connectivity index (χ0v) is 13.8. The number of aromatic nitrogens is 1. The second-order valence-corrected chi connectivity index (χ2v) is 5.80. The number of aryl methyl sites for hydroxylation is 1. The van der Waals surface area contributed by atoms with Gasteiger partial charge >= 0.3 is 18.0 Å². The standard InChI is InChI=1S/C15H23N3O5/c1-5-23-13(21)11-8-10(9-18(11)4)16-14(22)17-15(2,3)7-6-12(19)20/h8-9H,5-7H2,1-4H3,(H,19,20)(H2,16,17,22). The number of aliphatic carboxylic acids is 1. The lowest BCUT2D eigenvalue weighted by molar-refractivity contribution is -0.137. The Hall–Kier alpha value is -2.51. The van der Waals surface area contributed by atoms with E-state index in [9.17, 15) is 14.4 Å². The molecule has 0 aliphatic heterocycles. The maximum absolute atomic E-state index is 12.0. The third-order valence-corrected chi connectivity index (χ3v) is 3.16. The van der Waals surface area contributed by atoms with E-state index in [2.05, 4.69) is 10.6 Å². The fraction of sp³-hybridized carbons (Fsp3) is 0.533. The topological polar surface area (TPSA) is 110 Å². The molecule has 0 fully saturated rings. The number of anilines is 1. The molecule has 1 heterocycles. The number of hydrogen-bond donors (Lipinski definition) is 3. The highest BCUT2D eigenvalue weighted by Crippen LogP contribution is 2.15. The third-order valence-electron chi connectivity index (χ3n) is 3.16. The molecule has 0 unspecified atom stereocenters. The predicted octanol–water partition coefficient (Wildman–Crippen LogP) is 1.97. The van der Waals surface area contributed by atoms with E-state index in [0.29, 0.717) is 17.8 Å². The van der Waals surface area contributed by atoms with Crippen LogP contribution in [0.2, 0.25) is 0 Å². The Balaban J connectivity index is 2.66. The first kappa shape index (κ1) is 18.5. The van der Waals surface area contributed by atoms with Crippen molar-refractivity contribution in [3.63, 3.8) is 0 Å². The van der Waals surface area contributed by atoms with Gasteiger partial charge in [0, 0.05) is 25.2 Å². The molecule has 128 valence electrons. The largest absolute Gasteiger partial charge is 0.481 e. The average molecular weight is 325 g/mol. The number of carboxylic acids is 1. The highest BCUT2D eigenvalue weighted by Gasteiger charge is 2.22. The SMILES string of the molecule is CCOC(=O)c1cc(NC(=O)NC(C)(C)CCC(=O)O)cn1C. The summed E-state index contributed by atoms with van der Waals surface area (Å²) in [6.07, 6.45) is 1.86. The van der Waals surface area contributed by atoms with Crippen LogP contribution in [-0.4, -0.2) is 39.8 Å². The van der Waals surface area contributed by atoms with E-state index in [1.54, 1.807) is 38.6 Å². The van der Waals surface area contributed by atoms with Crippen LogP contribution in [0.3, 0.4) is 0 Å². The molecular weight excluding hydrogens is 302 g/mol. The summed E-state index contributed by atoms with van der Waals surface area (Å²) in [5.41, 5.74) is 0.107. The maximum Gasteiger partial charge on any atom is 0.355 e. The van der Waals surface area contributed by atoms with Gasteiger partial charge in [0.25, 0.3) is 0 Å². The molecule has 0 aromatic carbocycles. The molecule has 8 heteroatoms. The van der Waals surface area contributed by atoms with Gasteiger partial charge in [-0.1, -0.05) is 0 Å². The van der Waals surface area contributed by atoms with Crippen molar-refractivity contribution >= 4 is 23.7 Å². The number of amides is 2. The Bertz CT molecular complexity index is 592. The van der Waals surface area contributed by atoms with E-state index in [1.807, 2.05) is 0 Å². The summed E-state index contributed by atoms with van der Waals surface area (Å²) < 4.78 is 6.48. The molecule has 3 N–H and O–H groups in total. The Morgan fingerprint density at radius 3 is 2.57 bits per heavy atom. The quantitative estimate of drug-likeness (QED) is 0.664. The number of carbonyl (C=O) groups is 3. The van der Waals surface area contributed by atoms with Gasteiger partial charge in [0.05, 0.1) is 12.3 Å². The van der Waals surface area contributed by atoms with Gasteiger partial charge in [-0.25, -0.2) is 9.59 Å². The molecule has 0 saturated carbocycles. The summed E-state index contributed by atoms with van der Waals surface area (Å²) in [5, 5.41) is 14.0. The second-order valence-electron chi connectivity index (χ2n) is 5.80. The van der Waals surface area contributed by atoms with Crippen molar-refractivity contribution < 1.29 is 24.2 Å². The predicted molar refractivity (Wildman–Crippen MR) is 84.5 cm³/mol. The number of ether oxygens (including phenoxy) is 1. The van der Waals surface area contributed by atoms with Crippen molar-refractivity contribution in [2.75, 3.05) is 11.9 Å². The summed E-state index contributed by atoms with van der Waals surface area (Å²) in [6, 6.07) is 1.04. The maximum atomic E-state index is 12.0. The van der Waals surface area contributed by atoms with E-state index < -0.39 is 23.5 Å². The highest BCUT2D eigenvalue weighted by atomic mass is 16.5. The van der Waals surface area contributed by atoms with Gasteiger partial charge in [-0.05, 0) is 33.3 Å². The number of urea groups is 1. The zero-order chi connectivity index (χ0) is 17.6. The first-order chi connectivity index (χ1) is 10.6. The van der Waals surface area contributed by atoms with Crippen LogP contribution < -0.4 is 10.6 Å². The van der Waals surface area contributed by atoms with Crippen LogP contribution in [0, 0.1) is 0 Å². The molecule has 1 aromatic rings. The van der Waals surface area contributed by atoms with Crippen LogP contribution in [-0.2, 0) is 16.6 Å². The molecule has 2 amide bonds. The molecule has 1 rings (SSSR count). The van der Waals surface area contributed by atoms with E-state index >= 15 is 0 Å². The Morgan fingerprint density at radius 2 is 2.00 bits per heavy atom. The van der Waals surface area contributed by atoms with E-state index in [-0.39, 0.29) is 13.0 Å². The summed E-state index contributed by atoms with van der Waals surface area (Å²) >= 11 is 0. The van der Waals surface area contributed by atoms with E-state index in [0.717, 1.165) is 0 Å². The number of nitrogens with zero attached hydrogens (tertiary/aromatic N) is 1. The molecule has 1 aromatic heterocycles. The number of nitrogens with one attached hydrogen (secondary N) is 2. The first-order valence-electron chi connectivity index (χ1n) is 7.29. The average Bonchev–Trinajstić information content (AvgIpc) is 2.77. The highest BCUT2D eigenvalue weighted by molar-refractivity contribution is 5.93. The van der Waals surface area contributed by atoms with Gasteiger partial charge in [-0.15, -0.1) is 0 Å². The molecule has 0 atom stereocenters. The van der Waals surface area contributed by atoms with Gasteiger partial charge in [-0.2, -0.15) is 0 Å². The van der Waals surface area contributed by atoms with Crippen LogP contribution in [0.25, 0.3) is 0 Å². The normalized spacial score (nSPS) is 11.0. The van der Waals surface area contributed by atoms with Crippen molar-refractivity contribution in [2.45, 2.75) is 39.2 Å². The molecule has 8 nitrogen and oxygen atoms in total. The molecule has 0 aliphatic rings. The van der Waals surface area contributed by atoms with E-state index in [1.165, 1.54) is 6.07 Å². The zero-order valence-electron chi connectivity index (χ0n) is 13.8. The second kappa shape index (κ2) is 7.66. The van der Waals surface area contributed by atoms with Gasteiger partial charge in [0.15, 0.2) is 0 Å². The smallest absolute Gasteiger partial charge is 0.355 e. The number of esters is 1. The molecule has 0 bridgehead atoms. The van der Waals surface area contributed by atoms with Crippen LogP contribution in [0.4, 0.5) is 10.5 Å². The van der Waals surface area contributed by atoms with Gasteiger partial charge < -0.3 is 25.0 Å². The number of carbonyl (C=O) groups excluding carboxylic acids is 2. The fourth-order valence-corrected chi connectivity index (χ4v) is 1.99. The molecule has 23 heavy (non-hydrogen) atoms. The molecule has 0 aliphatic carbocycles. The molecule has 0 radical (unpaired) electrons. The number of hydrogen-bond acceptors (Lipinski definition) is 4. The Kier molecular flexibility index (Phi) is 6.18. The molecule has 0 saturated heterocycles. The minimum atomic E-state index is -0.914. The minimum Gasteiger partial charge on any atom is -0.481 e. The Morgan fingerprint density at radius 1 is 1.35 bits per heavy atom. The number of carboxylic acid groups (broad SMARTS) is 1. The number of rotatable bonds is 7. The minimum absolute atomic E-state index is 0.0361. The first-order valence-corrected chi connectivity index (χ1v) is 7.29. The summed E-state index contributed by atoms with van der Waals surface area (Å²) in [4.78, 5) is 34.3. The summed E-state index contributed by atoms with van der Waals surface area (Å²) in [5.74, 6) is -1.38. The molecule has 0 spiro atoms. The van der Waals surface area contributed by atoms with Gasteiger partial charge in [0.1, 0.15) is 5.69 Å². The van der Waals surface area contributed by atoms with Gasteiger partial charge in [0.2, 0.25) is 0 Å². The van der Waals surface area contributed by atoms with Crippen molar-refractivity contribution in [3.05, 3.63) is 18.0 Å². The van der Waals surface area contributed by atoms with Crippen LogP contribution in [0.1, 0.15) is 44.1 Å². The fourth-order valence-electron chi connectivity index (χ4n) is 1.99. The van der Waals surface area contributed by atoms with Crippen molar-refractivity contribution in [2.24, 2.45) is 7.05 Å². The lowest BCUT2D eigenvalue weighted by atomic mass is 9.99. The molecular formula is C15H23N3O5. The van der Waals surface area contributed by atoms with Crippen molar-refractivity contribution in [3.8, 4) is 0 Å². The van der Waals surface area contributed by atoms with Crippen molar-refractivity contribution in [1.29, 1.82) is 0 Å². The van der Waals surface area contributed by atoms with Crippen LogP contribution >= 0.6 is 0 Å².